The molecule has 0 spiro atoms. The molecule has 0 aromatic carbocycles. The van der Waals surface area contributed by atoms with Crippen LogP contribution in [0.5, 0.6) is 0 Å². The fourth-order valence-electron chi connectivity index (χ4n) is 0.520. The van der Waals surface area contributed by atoms with Crippen molar-refractivity contribution in [3.63, 3.8) is 0 Å². The summed E-state index contributed by atoms with van der Waals surface area (Å²) >= 11 is 0. The molecule has 0 bridgehead atoms. The molecular formula is C6H12F3N. The van der Waals surface area contributed by atoms with E-state index in [0.29, 0.717) is 0 Å². The van der Waals surface area contributed by atoms with Gasteiger partial charge in [-0.1, -0.05) is 13.8 Å². The number of rotatable bonds is 0. The van der Waals surface area contributed by atoms with Gasteiger partial charge in [0, 0.05) is 13.1 Å². The summed E-state index contributed by atoms with van der Waals surface area (Å²) in [5, 5.41) is 2.55. The number of nitrogens with one attached hydrogen (secondary N) is 1. The zero-order valence-corrected chi connectivity index (χ0v) is 6.13. The van der Waals surface area contributed by atoms with Gasteiger partial charge in [0.2, 0.25) is 0 Å². The third kappa shape index (κ3) is 2.56. The van der Waals surface area contributed by atoms with Crippen molar-refractivity contribution in [1.82, 2.24) is 5.32 Å². The molecule has 1 saturated heterocycles. The molecule has 4 heteroatoms. The maximum Gasteiger partial charge on any atom is 0.394 e. The van der Waals surface area contributed by atoms with Gasteiger partial charge >= 0.3 is 6.18 Å². The van der Waals surface area contributed by atoms with Gasteiger partial charge in [0.05, 0.1) is 5.92 Å². The van der Waals surface area contributed by atoms with E-state index in [2.05, 4.69) is 5.32 Å². The second-order valence-corrected chi connectivity index (χ2v) is 1.90. The molecule has 1 aliphatic heterocycles. The lowest BCUT2D eigenvalue weighted by Crippen LogP contribution is -2.50. The third-order valence-corrected chi connectivity index (χ3v) is 1.24. The lowest BCUT2D eigenvalue weighted by Gasteiger charge is -2.28. The number of halogens is 3. The highest BCUT2D eigenvalue weighted by atomic mass is 19.4. The van der Waals surface area contributed by atoms with Gasteiger partial charge in [-0.2, -0.15) is 13.2 Å². The molecule has 1 aliphatic rings. The molecule has 0 aromatic rings. The maximum atomic E-state index is 11.5. The Morgan fingerprint density at radius 2 is 1.60 bits per heavy atom. The highest BCUT2D eigenvalue weighted by Crippen LogP contribution is 2.28. The topological polar surface area (TPSA) is 12.0 Å². The first-order valence-corrected chi connectivity index (χ1v) is 3.38. The number of hydrogen-bond donors (Lipinski definition) is 1. The zero-order chi connectivity index (χ0) is 8.20. The molecule has 0 aromatic heterocycles. The summed E-state index contributed by atoms with van der Waals surface area (Å²) < 4.78 is 34.4. The monoisotopic (exact) mass is 155 g/mol. The largest absolute Gasteiger partial charge is 0.394 e. The average molecular weight is 155 g/mol. The minimum atomic E-state index is -3.97. The maximum absolute atomic E-state index is 11.5. The van der Waals surface area contributed by atoms with Crippen molar-refractivity contribution in [1.29, 1.82) is 0 Å². The van der Waals surface area contributed by atoms with Crippen LogP contribution in [0.3, 0.4) is 0 Å². The van der Waals surface area contributed by atoms with Gasteiger partial charge in [-0.25, -0.2) is 0 Å². The summed E-state index contributed by atoms with van der Waals surface area (Å²) in [6, 6.07) is 0. The quantitative estimate of drug-likeness (QED) is 0.562. The van der Waals surface area contributed by atoms with Crippen LogP contribution in [0.4, 0.5) is 13.2 Å². The molecule has 1 fully saturated rings. The van der Waals surface area contributed by atoms with Gasteiger partial charge < -0.3 is 5.32 Å². The van der Waals surface area contributed by atoms with E-state index in [1.54, 1.807) is 0 Å². The summed E-state index contributed by atoms with van der Waals surface area (Å²) in [5.74, 6) is -1.08. The summed E-state index contributed by atoms with van der Waals surface area (Å²) in [6.07, 6.45) is -3.97. The molecule has 0 unspecified atom stereocenters. The zero-order valence-electron chi connectivity index (χ0n) is 6.13. The van der Waals surface area contributed by atoms with Gasteiger partial charge in [-0.3, -0.25) is 0 Å². The van der Waals surface area contributed by atoms with Crippen molar-refractivity contribution in [3.05, 3.63) is 0 Å². The van der Waals surface area contributed by atoms with E-state index in [9.17, 15) is 13.2 Å². The Kier molecular flexibility index (Phi) is 3.71. The number of alkyl halides is 3. The molecule has 0 amide bonds. The Labute approximate surface area is 58.6 Å². The SMILES string of the molecule is CC.FC(F)(F)C1CNC1. The van der Waals surface area contributed by atoms with Crippen LogP contribution in [0.25, 0.3) is 0 Å². The van der Waals surface area contributed by atoms with Gasteiger partial charge in [-0.05, 0) is 0 Å². The normalized spacial score (nSPS) is 18.9. The van der Waals surface area contributed by atoms with Crippen molar-refractivity contribution < 1.29 is 13.2 Å². The van der Waals surface area contributed by atoms with E-state index in [4.69, 9.17) is 0 Å². The average Bonchev–Trinajstić information content (AvgIpc) is 1.61. The Morgan fingerprint density at radius 1 is 1.20 bits per heavy atom. The highest BCUT2D eigenvalue weighted by molar-refractivity contribution is 4.80. The summed E-state index contributed by atoms with van der Waals surface area (Å²) in [7, 11) is 0. The lowest BCUT2D eigenvalue weighted by atomic mass is 10.0. The van der Waals surface area contributed by atoms with E-state index < -0.39 is 12.1 Å². The molecule has 1 nitrogen and oxygen atoms in total. The van der Waals surface area contributed by atoms with Gasteiger partial charge in [-0.15, -0.1) is 0 Å². The van der Waals surface area contributed by atoms with Crippen LogP contribution in [0.2, 0.25) is 0 Å². The Balaban J connectivity index is 0.000000371. The second kappa shape index (κ2) is 3.81. The first kappa shape index (κ1) is 9.75. The molecule has 0 aliphatic carbocycles. The van der Waals surface area contributed by atoms with Crippen LogP contribution in [-0.2, 0) is 0 Å². The van der Waals surface area contributed by atoms with Gasteiger partial charge in [0.25, 0.3) is 0 Å². The van der Waals surface area contributed by atoms with Crippen molar-refractivity contribution in [3.8, 4) is 0 Å². The van der Waals surface area contributed by atoms with Crippen LogP contribution in [0, 0.1) is 5.92 Å². The van der Waals surface area contributed by atoms with E-state index in [-0.39, 0.29) is 13.1 Å². The third-order valence-electron chi connectivity index (χ3n) is 1.24. The predicted octanol–water partition coefficient (Wildman–Crippen LogP) is 1.79. The van der Waals surface area contributed by atoms with Crippen molar-refractivity contribution >= 4 is 0 Å². The molecular weight excluding hydrogens is 143 g/mol. The molecule has 62 valence electrons. The van der Waals surface area contributed by atoms with Crippen molar-refractivity contribution in [2.75, 3.05) is 13.1 Å². The van der Waals surface area contributed by atoms with Crippen LogP contribution in [0.1, 0.15) is 13.8 Å². The van der Waals surface area contributed by atoms with E-state index in [0.717, 1.165) is 0 Å². The van der Waals surface area contributed by atoms with Crippen molar-refractivity contribution in [2.45, 2.75) is 20.0 Å². The molecule has 1 heterocycles. The summed E-state index contributed by atoms with van der Waals surface area (Å²) in [4.78, 5) is 0. The van der Waals surface area contributed by atoms with E-state index >= 15 is 0 Å². The number of hydrogen-bond acceptors (Lipinski definition) is 1. The summed E-state index contributed by atoms with van der Waals surface area (Å²) in [5.41, 5.74) is 0. The predicted molar refractivity (Wildman–Crippen MR) is 33.8 cm³/mol. The fourth-order valence-corrected chi connectivity index (χ4v) is 0.520. The molecule has 1 rings (SSSR count). The highest BCUT2D eigenvalue weighted by Gasteiger charge is 2.42. The smallest absolute Gasteiger partial charge is 0.315 e. The first-order valence-electron chi connectivity index (χ1n) is 3.38. The Bertz CT molecular complexity index is 85.5. The Morgan fingerprint density at radius 3 is 1.60 bits per heavy atom. The van der Waals surface area contributed by atoms with E-state index in [1.165, 1.54) is 0 Å². The fraction of sp³-hybridized carbons (Fsp3) is 1.00. The van der Waals surface area contributed by atoms with E-state index in [1.807, 2.05) is 13.8 Å². The molecule has 0 radical (unpaired) electrons. The van der Waals surface area contributed by atoms with Gasteiger partial charge in [0.1, 0.15) is 0 Å². The molecule has 10 heavy (non-hydrogen) atoms. The minimum absolute atomic E-state index is 0.101. The van der Waals surface area contributed by atoms with Crippen LogP contribution in [0.15, 0.2) is 0 Å². The molecule has 1 N–H and O–H groups in total. The Hall–Kier alpha value is -0.250. The van der Waals surface area contributed by atoms with Crippen LogP contribution >= 0.6 is 0 Å². The lowest BCUT2D eigenvalue weighted by molar-refractivity contribution is -0.185. The first-order chi connectivity index (χ1) is 4.61. The van der Waals surface area contributed by atoms with Crippen LogP contribution < -0.4 is 5.32 Å². The van der Waals surface area contributed by atoms with Crippen LogP contribution in [-0.4, -0.2) is 19.3 Å². The second-order valence-electron chi connectivity index (χ2n) is 1.90. The standard InChI is InChI=1S/C4H6F3N.C2H6/c5-4(6,7)3-1-8-2-3;1-2/h3,8H,1-2H2;1-2H3. The van der Waals surface area contributed by atoms with Gasteiger partial charge in [0.15, 0.2) is 0 Å². The minimum Gasteiger partial charge on any atom is -0.315 e. The van der Waals surface area contributed by atoms with Crippen molar-refractivity contribution in [2.24, 2.45) is 5.92 Å². The molecule has 0 saturated carbocycles. The summed E-state index contributed by atoms with van der Waals surface area (Å²) in [6.45, 7) is 4.20. The molecule has 0 atom stereocenters.